The molecule has 0 fully saturated rings. The molecule has 5 nitrogen and oxygen atoms in total. The van der Waals surface area contributed by atoms with E-state index in [9.17, 15) is 18.0 Å². The first-order valence-electron chi connectivity index (χ1n) is 8.24. The van der Waals surface area contributed by atoms with Crippen LogP contribution in [0.5, 0.6) is 0 Å². The second-order valence-electron chi connectivity index (χ2n) is 5.96. The van der Waals surface area contributed by atoms with Crippen molar-refractivity contribution in [3.8, 4) is 0 Å². The summed E-state index contributed by atoms with van der Waals surface area (Å²) in [6.07, 6.45) is -3.66. The van der Waals surface area contributed by atoms with Gasteiger partial charge in [0, 0.05) is 19.7 Å². The molecule has 0 aliphatic heterocycles. The zero-order valence-corrected chi connectivity index (χ0v) is 15.7. The van der Waals surface area contributed by atoms with Crippen LogP contribution in [-0.4, -0.2) is 41.0 Å². The highest BCUT2D eigenvalue weighted by molar-refractivity contribution is 7.99. The highest BCUT2D eigenvalue weighted by Crippen LogP contribution is 2.33. The van der Waals surface area contributed by atoms with Crippen LogP contribution in [0.3, 0.4) is 0 Å². The number of thioether (sulfide) groups is 1. The number of halogens is 3. The molecule has 0 aliphatic rings. The Morgan fingerprint density at radius 2 is 2.15 bits per heavy atom. The highest BCUT2D eigenvalue weighted by Gasteiger charge is 2.31. The summed E-state index contributed by atoms with van der Waals surface area (Å²) in [5, 5.41) is 3.33. The van der Waals surface area contributed by atoms with Gasteiger partial charge >= 0.3 is 6.18 Å². The SMILES string of the molecule is CCCn1c(SCC(=O)N[C@H](C)COC)nc2ccc(C(F)(F)F)cc21. The number of benzene rings is 1. The Labute approximate surface area is 154 Å². The molecule has 1 atom stereocenters. The Kier molecular flexibility index (Phi) is 6.94. The minimum absolute atomic E-state index is 0.114. The molecule has 0 radical (unpaired) electrons. The third-order valence-electron chi connectivity index (χ3n) is 3.64. The van der Waals surface area contributed by atoms with Gasteiger partial charge in [0.1, 0.15) is 0 Å². The van der Waals surface area contributed by atoms with E-state index in [1.54, 1.807) is 11.7 Å². The molecule has 1 heterocycles. The summed E-state index contributed by atoms with van der Waals surface area (Å²) in [7, 11) is 1.56. The van der Waals surface area contributed by atoms with Gasteiger partial charge in [-0.1, -0.05) is 18.7 Å². The number of hydrogen-bond donors (Lipinski definition) is 1. The summed E-state index contributed by atoms with van der Waals surface area (Å²) in [4.78, 5) is 16.4. The van der Waals surface area contributed by atoms with Crippen molar-refractivity contribution >= 4 is 28.7 Å². The fourth-order valence-corrected chi connectivity index (χ4v) is 3.42. The summed E-state index contributed by atoms with van der Waals surface area (Å²) in [6.45, 7) is 4.71. The van der Waals surface area contributed by atoms with Crippen LogP contribution in [0.1, 0.15) is 25.8 Å². The summed E-state index contributed by atoms with van der Waals surface area (Å²) in [5.74, 6) is -0.0432. The number of carbonyl (C=O) groups excluding carboxylic acids is 1. The van der Waals surface area contributed by atoms with Crippen LogP contribution in [0.25, 0.3) is 11.0 Å². The second kappa shape index (κ2) is 8.77. The van der Waals surface area contributed by atoms with E-state index in [1.165, 1.54) is 17.8 Å². The molecule has 0 saturated carbocycles. The van der Waals surface area contributed by atoms with Crippen molar-refractivity contribution < 1.29 is 22.7 Å². The van der Waals surface area contributed by atoms with Crippen molar-refractivity contribution in [3.05, 3.63) is 23.8 Å². The molecular formula is C17H22F3N3O2S. The van der Waals surface area contributed by atoms with Gasteiger partial charge < -0.3 is 14.6 Å². The van der Waals surface area contributed by atoms with E-state index in [0.29, 0.717) is 29.3 Å². The molecule has 1 N–H and O–H groups in total. The van der Waals surface area contributed by atoms with Crippen molar-refractivity contribution in [2.45, 2.75) is 44.2 Å². The average molecular weight is 389 g/mol. The molecule has 144 valence electrons. The molecule has 9 heteroatoms. The molecular weight excluding hydrogens is 367 g/mol. The van der Waals surface area contributed by atoms with Crippen molar-refractivity contribution in [2.24, 2.45) is 0 Å². The average Bonchev–Trinajstić information content (AvgIpc) is 2.90. The first-order chi connectivity index (χ1) is 12.3. The van der Waals surface area contributed by atoms with Gasteiger partial charge in [0.2, 0.25) is 5.91 Å². The zero-order chi connectivity index (χ0) is 19.3. The highest BCUT2D eigenvalue weighted by atomic mass is 32.2. The van der Waals surface area contributed by atoms with Gasteiger partial charge in [-0.15, -0.1) is 0 Å². The first-order valence-corrected chi connectivity index (χ1v) is 9.23. The number of methoxy groups -OCH3 is 1. The van der Waals surface area contributed by atoms with Crippen LogP contribution in [0.15, 0.2) is 23.4 Å². The number of nitrogens with one attached hydrogen (secondary N) is 1. The number of fused-ring (bicyclic) bond motifs is 1. The van der Waals surface area contributed by atoms with E-state index in [-0.39, 0.29) is 17.7 Å². The number of rotatable bonds is 8. The van der Waals surface area contributed by atoms with Crippen LogP contribution in [0.4, 0.5) is 13.2 Å². The Morgan fingerprint density at radius 3 is 2.77 bits per heavy atom. The van der Waals surface area contributed by atoms with Gasteiger partial charge in [-0.2, -0.15) is 13.2 Å². The Bertz CT molecular complexity index is 762. The number of ether oxygens (including phenoxy) is 1. The molecule has 1 aromatic carbocycles. The first kappa shape index (κ1) is 20.6. The van der Waals surface area contributed by atoms with Crippen LogP contribution in [-0.2, 0) is 22.3 Å². The number of carbonyl (C=O) groups is 1. The maximum atomic E-state index is 13.0. The van der Waals surface area contributed by atoms with E-state index in [1.807, 2.05) is 13.8 Å². The van der Waals surface area contributed by atoms with Crippen molar-refractivity contribution in [1.82, 2.24) is 14.9 Å². The van der Waals surface area contributed by atoms with E-state index in [2.05, 4.69) is 10.3 Å². The lowest BCUT2D eigenvalue weighted by atomic mass is 10.2. The van der Waals surface area contributed by atoms with Crippen molar-refractivity contribution in [2.75, 3.05) is 19.5 Å². The topological polar surface area (TPSA) is 56.2 Å². The predicted molar refractivity (Wildman–Crippen MR) is 95.2 cm³/mol. The number of nitrogens with zero attached hydrogens (tertiary/aromatic N) is 2. The van der Waals surface area contributed by atoms with Gasteiger partial charge in [0.25, 0.3) is 0 Å². The number of imidazole rings is 1. The molecule has 0 aliphatic carbocycles. The minimum Gasteiger partial charge on any atom is -0.383 e. The monoisotopic (exact) mass is 389 g/mol. The van der Waals surface area contributed by atoms with Crippen molar-refractivity contribution in [3.63, 3.8) is 0 Å². The zero-order valence-electron chi connectivity index (χ0n) is 14.9. The van der Waals surface area contributed by atoms with Gasteiger partial charge in [-0.05, 0) is 31.5 Å². The van der Waals surface area contributed by atoms with Gasteiger partial charge in [-0.25, -0.2) is 4.98 Å². The van der Waals surface area contributed by atoms with Gasteiger partial charge in [0.15, 0.2) is 5.16 Å². The van der Waals surface area contributed by atoms with E-state index < -0.39 is 11.7 Å². The quantitative estimate of drug-likeness (QED) is 0.700. The smallest absolute Gasteiger partial charge is 0.383 e. The maximum absolute atomic E-state index is 13.0. The van der Waals surface area contributed by atoms with Crippen LogP contribution >= 0.6 is 11.8 Å². The molecule has 0 spiro atoms. The maximum Gasteiger partial charge on any atom is 0.416 e. The van der Waals surface area contributed by atoms with E-state index in [4.69, 9.17) is 4.74 Å². The third-order valence-corrected chi connectivity index (χ3v) is 4.62. The molecule has 1 amide bonds. The van der Waals surface area contributed by atoms with Gasteiger partial charge in [-0.3, -0.25) is 4.79 Å². The molecule has 26 heavy (non-hydrogen) atoms. The number of aryl methyl sites for hydroxylation is 1. The largest absolute Gasteiger partial charge is 0.416 e. The summed E-state index contributed by atoms with van der Waals surface area (Å²) in [5.41, 5.74) is 0.212. The van der Waals surface area contributed by atoms with E-state index in [0.717, 1.165) is 18.6 Å². The fraction of sp³-hybridized carbons (Fsp3) is 0.529. The third kappa shape index (κ3) is 5.14. The molecule has 0 unspecified atom stereocenters. The van der Waals surface area contributed by atoms with Crippen LogP contribution < -0.4 is 5.32 Å². The van der Waals surface area contributed by atoms with Crippen LogP contribution in [0.2, 0.25) is 0 Å². The predicted octanol–water partition coefficient (Wildman–Crippen LogP) is 3.71. The van der Waals surface area contributed by atoms with Crippen LogP contribution in [0, 0.1) is 0 Å². The molecule has 2 rings (SSSR count). The number of aromatic nitrogens is 2. The number of amides is 1. The lowest BCUT2D eigenvalue weighted by Gasteiger charge is -2.13. The van der Waals surface area contributed by atoms with E-state index >= 15 is 0 Å². The normalized spacial score (nSPS) is 13.2. The Balaban J connectivity index is 2.21. The van der Waals surface area contributed by atoms with Crippen molar-refractivity contribution in [1.29, 1.82) is 0 Å². The lowest BCUT2D eigenvalue weighted by molar-refractivity contribution is -0.137. The second-order valence-corrected chi connectivity index (χ2v) is 6.90. The Morgan fingerprint density at radius 1 is 1.42 bits per heavy atom. The molecule has 1 aromatic heterocycles. The Hall–Kier alpha value is -1.74. The number of hydrogen-bond acceptors (Lipinski definition) is 4. The standard InChI is InChI=1S/C17H22F3N3O2S/c1-4-7-23-14-8-12(17(18,19)20)5-6-13(14)22-16(23)26-10-15(24)21-11(2)9-25-3/h5-6,8,11H,4,7,9-10H2,1-3H3,(H,21,24)/t11-/m1/s1. The fourth-order valence-electron chi connectivity index (χ4n) is 2.57. The molecule has 0 saturated heterocycles. The summed E-state index contributed by atoms with van der Waals surface area (Å²) >= 11 is 1.21. The summed E-state index contributed by atoms with van der Waals surface area (Å²) < 4.78 is 45.6. The lowest BCUT2D eigenvalue weighted by Crippen LogP contribution is -2.36. The van der Waals surface area contributed by atoms with Gasteiger partial charge in [0.05, 0.1) is 29.0 Å². The minimum atomic E-state index is -4.40. The molecule has 2 aromatic rings. The molecule has 0 bridgehead atoms. The summed E-state index contributed by atoms with van der Waals surface area (Å²) in [6, 6.07) is 3.40. The number of alkyl halides is 3.